The van der Waals surface area contributed by atoms with Crippen LogP contribution in [-0.2, 0) is 10.3 Å². The van der Waals surface area contributed by atoms with Crippen LogP contribution >= 0.6 is 0 Å². The number of nitrogens with one attached hydrogen (secondary N) is 3. The number of carbonyl (C=O) groups excluding carboxylic acids is 1. The van der Waals surface area contributed by atoms with Crippen molar-refractivity contribution < 1.29 is 4.79 Å². The summed E-state index contributed by atoms with van der Waals surface area (Å²) in [6, 6.07) is 16.9. The van der Waals surface area contributed by atoms with Gasteiger partial charge in [0, 0.05) is 7.05 Å². The van der Waals surface area contributed by atoms with Crippen LogP contribution in [0.3, 0.4) is 0 Å². The molecule has 2 aromatic rings. The van der Waals surface area contributed by atoms with E-state index < -0.39 is 5.54 Å². The number of benzene rings is 2. The van der Waals surface area contributed by atoms with E-state index in [1.807, 2.05) is 36.4 Å². The number of nitrogens with zero attached hydrogens (tertiary/aromatic N) is 1. The summed E-state index contributed by atoms with van der Waals surface area (Å²) in [5.41, 5.74) is 2.13. The van der Waals surface area contributed by atoms with Crippen LogP contribution < -0.4 is 10.6 Å². The highest BCUT2D eigenvalue weighted by Crippen LogP contribution is 2.26. The van der Waals surface area contributed by atoms with Crippen LogP contribution in [0.15, 0.2) is 48.5 Å². The lowest BCUT2D eigenvalue weighted by molar-refractivity contribution is -0.112. The molecule has 0 heterocycles. The summed E-state index contributed by atoms with van der Waals surface area (Å²) in [6.07, 6.45) is 0.781. The van der Waals surface area contributed by atoms with Gasteiger partial charge in [0.05, 0.1) is 11.6 Å². The summed E-state index contributed by atoms with van der Waals surface area (Å²) in [4.78, 5) is 11.6. The van der Waals surface area contributed by atoms with Crippen LogP contribution in [0.25, 0.3) is 11.1 Å². The fraction of sp³-hybridized carbons (Fsp3) is 0.167. The van der Waals surface area contributed by atoms with E-state index in [2.05, 4.69) is 16.7 Å². The zero-order chi connectivity index (χ0) is 16.9. The topological polar surface area (TPSA) is 88.8 Å². The number of rotatable bonds is 4. The lowest BCUT2D eigenvalue weighted by Crippen LogP contribution is -2.48. The minimum Gasteiger partial charge on any atom is -0.360 e. The molecule has 0 aliphatic heterocycles. The molecule has 0 amide bonds. The third-order valence-corrected chi connectivity index (χ3v) is 3.66. The Hall–Kier alpha value is -3.13. The zero-order valence-electron chi connectivity index (χ0n) is 13.1. The standard InChI is InChI=1S/C18H18N4O/c1-18(12-23,22-17(20)21-2)16-8-4-7-15(10-16)14-6-3-5-13(9-14)11-19/h3-10,12H,1-2H3,(H3,20,21,22). The van der Waals surface area contributed by atoms with Gasteiger partial charge in [-0.3, -0.25) is 5.41 Å². The van der Waals surface area contributed by atoms with E-state index in [4.69, 9.17) is 10.7 Å². The molecule has 2 aromatic carbocycles. The van der Waals surface area contributed by atoms with Gasteiger partial charge in [-0.2, -0.15) is 5.26 Å². The summed E-state index contributed by atoms with van der Waals surface area (Å²) in [6.45, 7) is 1.72. The fourth-order valence-electron chi connectivity index (χ4n) is 2.28. The molecule has 23 heavy (non-hydrogen) atoms. The van der Waals surface area contributed by atoms with Gasteiger partial charge < -0.3 is 15.4 Å². The van der Waals surface area contributed by atoms with Gasteiger partial charge in [0.2, 0.25) is 0 Å². The Kier molecular flexibility index (Phi) is 4.77. The van der Waals surface area contributed by atoms with Gasteiger partial charge in [-0.25, -0.2) is 0 Å². The van der Waals surface area contributed by atoms with Crippen LogP contribution in [0.1, 0.15) is 18.1 Å². The molecule has 3 N–H and O–H groups in total. The second-order valence-corrected chi connectivity index (χ2v) is 5.34. The first-order valence-electron chi connectivity index (χ1n) is 7.14. The molecular weight excluding hydrogens is 288 g/mol. The van der Waals surface area contributed by atoms with Gasteiger partial charge in [-0.15, -0.1) is 0 Å². The average Bonchev–Trinajstić information content (AvgIpc) is 2.61. The molecule has 0 bridgehead atoms. The summed E-state index contributed by atoms with van der Waals surface area (Å²) in [5, 5.41) is 22.2. The quantitative estimate of drug-likeness (QED) is 0.460. The summed E-state index contributed by atoms with van der Waals surface area (Å²) >= 11 is 0. The third kappa shape index (κ3) is 3.55. The van der Waals surface area contributed by atoms with Crippen LogP contribution in [0.4, 0.5) is 0 Å². The molecule has 116 valence electrons. The molecule has 0 fully saturated rings. The lowest BCUT2D eigenvalue weighted by atomic mass is 9.90. The highest BCUT2D eigenvalue weighted by Gasteiger charge is 2.27. The van der Waals surface area contributed by atoms with Crippen molar-refractivity contribution in [3.8, 4) is 17.2 Å². The molecule has 0 radical (unpaired) electrons. The van der Waals surface area contributed by atoms with Crippen molar-refractivity contribution in [1.82, 2.24) is 10.6 Å². The van der Waals surface area contributed by atoms with Crippen molar-refractivity contribution in [2.45, 2.75) is 12.5 Å². The van der Waals surface area contributed by atoms with Crippen LogP contribution in [-0.4, -0.2) is 19.3 Å². The van der Waals surface area contributed by atoms with E-state index in [0.717, 1.165) is 23.0 Å². The largest absolute Gasteiger partial charge is 0.360 e. The molecule has 0 aliphatic carbocycles. The molecule has 0 aliphatic rings. The van der Waals surface area contributed by atoms with E-state index in [1.54, 1.807) is 26.1 Å². The first-order chi connectivity index (χ1) is 11.0. The van der Waals surface area contributed by atoms with Crippen LogP contribution in [0.5, 0.6) is 0 Å². The Morgan fingerprint density at radius 3 is 2.48 bits per heavy atom. The number of hydrogen-bond acceptors (Lipinski definition) is 3. The molecule has 0 aromatic heterocycles. The molecular formula is C18H18N4O. The SMILES string of the molecule is CNC(=N)NC(C)(C=O)c1cccc(-c2cccc(C#N)c2)c1. The zero-order valence-corrected chi connectivity index (χ0v) is 13.1. The van der Waals surface area contributed by atoms with E-state index in [0.29, 0.717) is 5.56 Å². The van der Waals surface area contributed by atoms with Crippen molar-refractivity contribution >= 4 is 12.2 Å². The van der Waals surface area contributed by atoms with E-state index in [-0.39, 0.29) is 5.96 Å². The number of carbonyl (C=O) groups is 1. The molecule has 1 atom stereocenters. The molecule has 0 saturated carbocycles. The first kappa shape index (κ1) is 16.2. The van der Waals surface area contributed by atoms with Crippen molar-refractivity contribution in [3.63, 3.8) is 0 Å². The maximum Gasteiger partial charge on any atom is 0.189 e. The monoisotopic (exact) mass is 306 g/mol. The third-order valence-electron chi connectivity index (χ3n) is 3.66. The van der Waals surface area contributed by atoms with Gasteiger partial charge in [-0.1, -0.05) is 30.3 Å². The molecule has 2 rings (SSSR count). The molecule has 1 unspecified atom stereocenters. The van der Waals surface area contributed by atoms with E-state index >= 15 is 0 Å². The minimum absolute atomic E-state index is 0.0662. The summed E-state index contributed by atoms with van der Waals surface area (Å²) in [5.74, 6) is 0.0662. The summed E-state index contributed by atoms with van der Waals surface area (Å²) < 4.78 is 0. The smallest absolute Gasteiger partial charge is 0.189 e. The molecule has 0 saturated heterocycles. The lowest BCUT2D eigenvalue weighted by Gasteiger charge is -2.27. The Bertz CT molecular complexity index is 779. The Morgan fingerprint density at radius 2 is 1.87 bits per heavy atom. The highest BCUT2D eigenvalue weighted by molar-refractivity contribution is 5.83. The van der Waals surface area contributed by atoms with Gasteiger partial charge in [-0.05, 0) is 41.8 Å². The second-order valence-electron chi connectivity index (χ2n) is 5.34. The van der Waals surface area contributed by atoms with Gasteiger partial charge in [0.25, 0.3) is 0 Å². The van der Waals surface area contributed by atoms with Gasteiger partial charge in [0.1, 0.15) is 11.8 Å². The number of hydrogen-bond donors (Lipinski definition) is 3. The molecule has 5 nitrogen and oxygen atoms in total. The Balaban J connectivity index is 2.44. The van der Waals surface area contributed by atoms with Gasteiger partial charge >= 0.3 is 0 Å². The number of aldehydes is 1. The van der Waals surface area contributed by atoms with Crippen molar-refractivity contribution in [2.75, 3.05) is 7.05 Å². The molecule has 5 heteroatoms. The second kappa shape index (κ2) is 6.75. The van der Waals surface area contributed by atoms with Crippen molar-refractivity contribution in [3.05, 3.63) is 59.7 Å². The summed E-state index contributed by atoms with van der Waals surface area (Å²) in [7, 11) is 1.62. The predicted octanol–water partition coefficient (Wildman–Crippen LogP) is 2.38. The first-order valence-corrected chi connectivity index (χ1v) is 7.14. The van der Waals surface area contributed by atoms with Crippen LogP contribution in [0, 0.1) is 16.7 Å². The maximum atomic E-state index is 11.6. The Labute approximate surface area is 135 Å². The van der Waals surface area contributed by atoms with Crippen LogP contribution in [0.2, 0.25) is 0 Å². The number of guanidine groups is 1. The van der Waals surface area contributed by atoms with Crippen molar-refractivity contribution in [1.29, 1.82) is 10.7 Å². The highest BCUT2D eigenvalue weighted by atomic mass is 16.1. The number of nitriles is 1. The van der Waals surface area contributed by atoms with Gasteiger partial charge in [0.15, 0.2) is 5.96 Å². The minimum atomic E-state index is -1.01. The fourth-order valence-corrected chi connectivity index (χ4v) is 2.28. The Morgan fingerprint density at radius 1 is 1.22 bits per heavy atom. The van der Waals surface area contributed by atoms with E-state index in [1.165, 1.54) is 0 Å². The molecule has 0 spiro atoms. The average molecular weight is 306 g/mol. The maximum absolute atomic E-state index is 11.6. The predicted molar refractivity (Wildman–Crippen MR) is 89.9 cm³/mol. The van der Waals surface area contributed by atoms with Crippen molar-refractivity contribution in [2.24, 2.45) is 0 Å². The normalized spacial score (nSPS) is 12.6. The van der Waals surface area contributed by atoms with E-state index in [9.17, 15) is 4.79 Å².